The maximum atomic E-state index is 12.9. The molecule has 1 aliphatic rings. The number of hydrogen-bond donors (Lipinski definition) is 1. The molecule has 0 radical (unpaired) electrons. The molecule has 0 saturated heterocycles. The fourth-order valence-corrected chi connectivity index (χ4v) is 2.84. The number of carbonyl (C=O) groups is 1. The Morgan fingerprint density at radius 2 is 1.62 bits per heavy atom. The predicted octanol–water partition coefficient (Wildman–Crippen LogP) is 3.21. The summed E-state index contributed by atoms with van der Waals surface area (Å²) >= 11 is 0. The summed E-state index contributed by atoms with van der Waals surface area (Å²) in [7, 11) is 1.88. The molecular weight excluding hydrogens is 364 g/mol. The molecule has 5 heteroatoms. The molecule has 0 unspecified atom stereocenters. The summed E-state index contributed by atoms with van der Waals surface area (Å²) in [6, 6.07) is 15.6. The number of rotatable bonds is 8. The van der Waals surface area contributed by atoms with Crippen LogP contribution in [0.25, 0.3) is 0 Å². The van der Waals surface area contributed by atoms with Crippen LogP contribution in [0.1, 0.15) is 30.5 Å². The Balaban J connectivity index is 0.00000145. The summed E-state index contributed by atoms with van der Waals surface area (Å²) < 4.78 is 10.9. The normalized spacial score (nSPS) is 11.6. The van der Waals surface area contributed by atoms with Crippen molar-refractivity contribution in [1.82, 2.24) is 5.32 Å². The minimum Gasteiger partial charge on any atom is -0.378 e. The Kier molecular flexibility index (Phi) is 9.94. The summed E-state index contributed by atoms with van der Waals surface area (Å²) in [4.78, 5) is 14.6. The van der Waals surface area contributed by atoms with Gasteiger partial charge < -0.3 is 19.7 Å². The first-order chi connectivity index (χ1) is 14.3. The second kappa shape index (κ2) is 12.7. The lowest BCUT2D eigenvalue weighted by molar-refractivity contribution is -0.123. The van der Waals surface area contributed by atoms with Crippen LogP contribution >= 0.6 is 0 Å². The number of para-hydroxylation sites is 1. The average Bonchev–Trinajstić information content (AvgIpc) is 2.76. The average molecular weight is 395 g/mol. The highest BCUT2D eigenvalue weighted by Gasteiger charge is 2.21. The summed E-state index contributed by atoms with van der Waals surface area (Å²) in [5.74, 6) is 6.32. The maximum absolute atomic E-state index is 12.9. The molecule has 3 rings (SSSR count). The molecule has 2 aromatic rings. The topological polar surface area (TPSA) is 50.8 Å². The number of hydrogen-bond acceptors (Lipinski definition) is 4. The van der Waals surface area contributed by atoms with Crippen LogP contribution in [0.4, 0.5) is 5.69 Å². The summed E-state index contributed by atoms with van der Waals surface area (Å²) in [5, 5.41) is 3.01. The largest absolute Gasteiger partial charge is 0.378 e. The second-order valence-corrected chi connectivity index (χ2v) is 6.17. The van der Waals surface area contributed by atoms with Crippen molar-refractivity contribution in [3.8, 4) is 11.8 Å². The van der Waals surface area contributed by atoms with Gasteiger partial charge in [0.15, 0.2) is 0 Å². The first kappa shape index (κ1) is 22.6. The lowest BCUT2D eigenvalue weighted by Gasteiger charge is -2.26. The smallest absolute Gasteiger partial charge is 0.253 e. The van der Waals surface area contributed by atoms with Crippen molar-refractivity contribution >= 4 is 11.6 Å². The Morgan fingerprint density at radius 1 is 0.966 bits per heavy atom. The highest BCUT2D eigenvalue weighted by molar-refractivity contribution is 5.96. The summed E-state index contributed by atoms with van der Waals surface area (Å²) in [5.41, 5.74) is 3.64. The zero-order valence-corrected chi connectivity index (χ0v) is 17.5. The molecule has 0 bridgehead atoms. The number of anilines is 1. The lowest BCUT2D eigenvalue weighted by Crippen LogP contribution is -2.35. The molecule has 154 valence electrons. The fourth-order valence-electron chi connectivity index (χ4n) is 2.84. The molecule has 0 aliphatic carbocycles. The third-order valence-electron chi connectivity index (χ3n) is 4.27. The number of likely N-dealkylation sites (N-methyl/N-ethyl adjacent to an activating group) is 1. The van der Waals surface area contributed by atoms with Gasteiger partial charge in [0.25, 0.3) is 5.91 Å². The van der Waals surface area contributed by atoms with Gasteiger partial charge in [-0.1, -0.05) is 56.0 Å². The van der Waals surface area contributed by atoms with E-state index in [2.05, 4.69) is 17.2 Å². The highest BCUT2D eigenvalue weighted by atomic mass is 16.5. The Labute approximate surface area is 174 Å². The van der Waals surface area contributed by atoms with Gasteiger partial charge in [0.05, 0.1) is 32.1 Å². The molecule has 29 heavy (non-hydrogen) atoms. The van der Waals surface area contributed by atoms with E-state index in [1.165, 1.54) is 0 Å². The van der Waals surface area contributed by atoms with E-state index in [0.29, 0.717) is 26.4 Å². The van der Waals surface area contributed by atoms with Crippen LogP contribution in [0.2, 0.25) is 0 Å². The third-order valence-corrected chi connectivity index (χ3v) is 4.27. The zero-order chi connectivity index (χ0) is 20.9. The lowest BCUT2D eigenvalue weighted by atomic mass is 10.0. The fraction of sp³-hybridized carbons (Fsp3) is 0.375. The SMILES string of the molecule is CC.CNCCOCCOCC(=O)N1Cc2ccccc2C#Cc2ccccc21. The molecular formula is C24H30N2O3. The quantitative estimate of drug-likeness (QED) is 0.552. The molecule has 0 aromatic heterocycles. The second-order valence-electron chi connectivity index (χ2n) is 6.17. The van der Waals surface area contributed by atoms with Gasteiger partial charge in [-0.05, 0) is 30.8 Å². The van der Waals surface area contributed by atoms with Crippen LogP contribution in [0.3, 0.4) is 0 Å². The number of fused-ring (bicyclic) bond motifs is 2. The van der Waals surface area contributed by atoms with Gasteiger partial charge in [-0.15, -0.1) is 0 Å². The molecule has 5 nitrogen and oxygen atoms in total. The standard InChI is InChI=1S/C22H24N2O3.C2H6/c1-23-12-13-26-14-15-27-17-22(25)24-16-20-8-3-2-6-18(20)10-11-19-7-4-5-9-21(19)24;1-2/h2-9,23H,12-17H2,1H3;1-2H3. The minimum atomic E-state index is -0.0869. The van der Waals surface area contributed by atoms with Crippen LogP contribution in [0.15, 0.2) is 48.5 Å². The molecule has 1 aliphatic heterocycles. The highest BCUT2D eigenvalue weighted by Crippen LogP contribution is 2.25. The molecule has 1 N–H and O–H groups in total. The number of ether oxygens (including phenoxy) is 2. The molecule has 1 heterocycles. The number of nitrogens with one attached hydrogen (secondary N) is 1. The zero-order valence-electron chi connectivity index (χ0n) is 17.5. The van der Waals surface area contributed by atoms with Crippen molar-refractivity contribution in [2.75, 3.05) is 44.9 Å². The van der Waals surface area contributed by atoms with Gasteiger partial charge in [0.2, 0.25) is 0 Å². The van der Waals surface area contributed by atoms with Crippen LogP contribution in [-0.4, -0.2) is 45.9 Å². The Morgan fingerprint density at radius 3 is 2.41 bits per heavy atom. The third kappa shape index (κ3) is 6.72. The molecule has 2 aromatic carbocycles. The monoisotopic (exact) mass is 394 g/mol. The van der Waals surface area contributed by atoms with Crippen LogP contribution in [-0.2, 0) is 20.8 Å². The van der Waals surface area contributed by atoms with Crippen molar-refractivity contribution in [2.45, 2.75) is 20.4 Å². The van der Waals surface area contributed by atoms with Crippen LogP contribution in [0.5, 0.6) is 0 Å². The van der Waals surface area contributed by atoms with Gasteiger partial charge in [0.1, 0.15) is 6.61 Å². The summed E-state index contributed by atoms with van der Waals surface area (Å²) in [6.45, 7) is 6.77. The van der Waals surface area contributed by atoms with E-state index in [1.54, 1.807) is 4.90 Å². The van der Waals surface area contributed by atoms with E-state index in [9.17, 15) is 4.79 Å². The van der Waals surface area contributed by atoms with Crippen molar-refractivity contribution in [3.05, 3.63) is 65.2 Å². The number of nitrogens with zero attached hydrogens (tertiary/aromatic N) is 1. The van der Waals surface area contributed by atoms with Gasteiger partial charge in [0, 0.05) is 17.7 Å². The number of benzene rings is 2. The molecule has 0 spiro atoms. The molecule has 0 atom stereocenters. The van der Waals surface area contributed by atoms with Crippen molar-refractivity contribution < 1.29 is 14.3 Å². The van der Waals surface area contributed by atoms with Crippen LogP contribution < -0.4 is 10.2 Å². The van der Waals surface area contributed by atoms with E-state index in [0.717, 1.165) is 28.9 Å². The van der Waals surface area contributed by atoms with Crippen molar-refractivity contribution in [1.29, 1.82) is 0 Å². The van der Waals surface area contributed by atoms with Crippen LogP contribution in [0, 0.1) is 11.8 Å². The van der Waals surface area contributed by atoms with Gasteiger partial charge in [-0.3, -0.25) is 4.79 Å². The number of carbonyl (C=O) groups excluding carboxylic acids is 1. The minimum absolute atomic E-state index is 0.0132. The van der Waals surface area contributed by atoms with Gasteiger partial charge in [-0.2, -0.15) is 0 Å². The van der Waals surface area contributed by atoms with E-state index >= 15 is 0 Å². The van der Waals surface area contributed by atoms with Crippen molar-refractivity contribution in [3.63, 3.8) is 0 Å². The maximum Gasteiger partial charge on any atom is 0.253 e. The molecule has 0 fully saturated rings. The van der Waals surface area contributed by atoms with Gasteiger partial charge in [-0.25, -0.2) is 0 Å². The first-order valence-corrected chi connectivity index (χ1v) is 10.1. The molecule has 1 amide bonds. The molecule has 0 saturated carbocycles. The Bertz CT molecular complexity index is 839. The van der Waals surface area contributed by atoms with Gasteiger partial charge >= 0.3 is 0 Å². The van der Waals surface area contributed by atoms with Crippen molar-refractivity contribution in [2.24, 2.45) is 0 Å². The van der Waals surface area contributed by atoms with E-state index in [1.807, 2.05) is 69.4 Å². The van der Waals surface area contributed by atoms with E-state index < -0.39 is 0 Å². The van der Waals surface area contributed by atoms with E-state index in [-0.39, 0.29) is 12.5 Å². The Hall–Kier alpha value is -2.65. The predicted molar refractivity (Wildman–Crippen MR) is 117 cm³/mol. The summed E-state index contributed by atoms with van der Waals surface area (Å²) in [6.07, 6.45) is 0. The number of amides is 1. The van der Waals surface area contributed by atoms with E-state index in [4.69, 9.17) is 9.47 Å². The first-order valence-electron chi connectivity index (χ1n) is 10.1.